The molecule has 6 nitrogen and oxygen atoms in total. The van der Waals surface area contributed by atoms with Crippen molar-refractivity contribution >= 4 is 17.7 Å². The SMILES string of the molecule is O=C(O)c1cccc(CSc2cn[nH]c(=O)n2)c1. The zero-order valence-electron chi connectivity index (χ0n) is 9.16. The number of nitrogens with zero attached hydrogens (tertiary/aromatic N) is 2. The third-order valence-corrected chi connectivity index (χ3v) is 3.08. The molecule has 0 amide bonds. The lowest BCUT2D eigenvalue weighted by molar-refractivity contribution is 0.0697. The van der Waals surface area contributed by atoms with E-state index in [1.807, 2.05) is 6.07 Å². The van der Waals surface area contributed by atoms with Gasteiger partial charge in [-0.1, -0.05) is 23.9 Å². The van der Waals surface area contributed by atoms with Gasteiger partial charge in [-0.2, -0.15) is 10.1 Å². The summed E-state index contributed by atoms with van der Waals surface area (Å²) in [6.07, 6.45) is 1.45. The van der Waals surface area contributed by atoms with Crippen molar-refractivity contribution in [3.05, 3.63) is 52.1 Å². The Kier molecular flexibility index (Phi) is 3.73. The average molecular weight is 263 g/mol. The number of benzene rings is 1. The van der Waals surface area contributed by atoms with Crippen LogP contribution in [-0.4, -0.2) is 26.3 Å². The highest BCUT2D eigenvalue weighted by molar-refractivity contribution is 7.98. The van der Waals surface area contributed by atoms with Crippen molar-refractivity contribution in [1.29, 1.82) is 0 Å². The molecule has 7 heteroatoms. The Morgan fingerprint density at radius 1 is 1.44 bits per heavy atom. The molecule has 0 saturated heterocycles. The van der Waals surface area contributed by atoms with Gasteiger partial charge in [0, 0.05) is 5.75 Å². The molecule has 0 atom stereocenters. The van der Waals surface area contributed by atoms with Crippen LogP contribution in [-0.2, 0) is 5.75 Å². The Hall–Kier alpha value is -2.15. The molecule has 2 aromatic rings. The maximum atomic E-state index is 10.9. The number of aromatic amines is 1. The van der Waals surface area contributed by atoms with Crippen molar-refractivity contribution in [2.24, 2.45) is 0 Å². The number of carboxylic acids is 1. The van der Waals surface area contributed by atoms with E-state index in [1.165, 1.54) is 24.0 Å². The molecule has 0 aliphatic rings. The fraction of sp³-hybridized carbons (Fsp3) is 0.0909. The van der Waals surface area contributed by atoms with Gasteiger partial charge >= 0.3 is 11.7 Å². The summed E-state index contributed by atoms with van der Waals surface area (Å²) in [5.74, 6) is -0.433. The first-order valence-corrected chi connectivity index (χ1v) is 6.00. The first-order valence-electron chi connectivity index (χ1n) is 5.02. The van der Waals surface area contributed by atoms with Crippen LogP contribution >= 0.6 is 11.8 Å². The Morgan fingerprint density at radius 2 is 2.28 bits per heavy atom. The predicted molar refractivity (Wildman–Crippen MR) is 65.6 cm³/mol. The molecule has 0 aliphatic heterocycles. The van der Waals surface area contributed by atoms with Gasteiger partial charge in [-0.3, -0.25) is 0 Å². The highest BCUT2D eigenvalue weighted by Crippen LogP contribution is 2.19. The minimum Gasteiger partial charge on any atom is -0.478 e. The molecular formula is C11H9N3O3S. The van der Waals surface area contributed by atoms with E-state index in [1.54, 1.807) is 12.1 Å². The van der Waals surface area contributed by atoms with E-state index >= 15 is 0 Å². The number of aromatic carboxylic acids is 1. The second kappa shape index (κ2) is 5.46. The Balaban J connectivity index is 2.08. The smallest absolute Gasteiger partial charge is 0.362 e. The molecule has 0 radical (unpaired) electrons. The van der Waals surface area contributed by atoms with Crippen molar-refractivity contribution in [1.82, 2.24) is 15.2 Å². The molecule has 1 aromatic heterocycles. The van der Waals surface area contributed by atoms with E-state index in [9.17, 15) is 9.59 Å². The lowest BCUT2D eigenvalue weighted by Gasteiger charge is -2.01. The van der Waals surface area contributed by atoms with Gasteiger partial charge in [0.15, 0.2) is 0 Å². The molecular weight excluding hydrogens is 254 g/mol. The van der Waals surface area contributed by atoms with Crippen LogP contribution in [0.1, 0.15) is 15.9 Å². The number of aromatic nitrogens is 3. The molecule has 1 aromatic carbocycles. The molecule has 2 N–H and O–H groups in total. The standard InChI is InChI=1S/C11H9N3O3S/c15-10(16)8-3-1-2-7(4-8)6-18-9-5-12-14-11(17)13-9/h1-5H,6H2,(H,15,16)(H,13,14,17). The van der Waals surface area contributed by atoms with Gasteiger partial charge in [-0.05, 0) is 17.7 Å². The van der Waals surface area contributed by atoms with Gasteiger partial charge in [-0.25, -0.2) is 14.7 Å². The van der Waals surface area contributed by atoms with E-state index < -0.39 is 11.7 Å². The molecule has 0 fully saturated rings. The maximum Gasteiger partial charge on any atom is 0.362 e. The van der Waals surface area contributed by atoms with Crippen molar-refractivity contribution in [3.8, 4) is 0 Å². The van der Waals surface area contributed by atoms with Gasteiger partial charge in [-0.15, -0.1) is 0 Å². The summed E-state index contributed by atoms with van der Waals surface area (Å²) in [6, 6.07) is 6.63. The summed E-state index contributed by atoms with van der Waals surface area (Å²) < 4.78 is 0. The van der Waals surface area contributed by atoms with E-state index in [2.05, 4.69) is 15.2 Å². The average Bonchev–Trinajstić information content (AvgIpc) is 2.37. The van der Waals surface area contributed by atoms with Crippen molar-refractivity contribution < 1.29 is 9.90 Å². The van der Waals surface area contributed by atoms with Crippen LogP contribution in [0.15, 0.2) is 40.3 Å². The number of carboxylic acid groups (broad SMARTS) is 1. The Bertz CT molecular complexity index is 627. The van der Waals surface area contributed by atoms with Crippen LogP contribution in [0.4, 0.5) is 0 Å². The van der Waals surface area contributed by atoms with Crippen LogP contribution in [0.25, 0.3) is 0 Å². The number of thioether (sulfide) groups is 1. The highest BCUT2D eigenvalue weighted by Gasteiger charge is 2.04. The van der Waals surface area contributed by atoms with Crippen LogP contribution in [0.5, 0.6) is 0 Å². The maximum absolute atomic E-state index is 10.9. The van der Waals surface area contributed by atoms with Crippen molar-refractivity contribution in [2.75, 3.05) is 0 Å². The number of carbonyl (C=O) groups is 1. The number of H-pyrrole nitrogens is 1. The topological polar surface area (TPSA) is 95.9 Å². The largest absolute Gasteiger partial charge is 0.478 e. The Morgan fingerprint density at radius 3 is 3.00 bits per heavy atom. The molecule has 92 valence electrons. The lowest BCUT2D eigenvalue weighted by atomic mass is 10.1. The van der Waals surface area contributed by atoms with Gasteiger partial charge in [0.05, 0.1) is 11.8 Å². The van der Waals surface area contributed by atoms with Crippen molar-refractivity contribution in [3.63, 3.8) is 0 Å². The Labute approximate surface area is 106 Å². The first kappa shape index (κ1) is 12.3. The van der Waals surface area contributed by atoms with Gasteiger partial charge in [0.1, 0.15) is 5.03 Å². The molecule has 18 heavy (non-hydrogen) atoms. The van der Waals surface area contributed by atoms with E-state index in [0.717, 1.165) is 5.56 Å². The number of hydrogen-bond acceptors (Lipinski definition) is 5. The summed E-state index contributed by atoms with van der Waals surface area (Å²) in [5.41, 5.74) is 0.589. The lowest BCUT2D eigenvalue weighted by Crippen LogP contribution is -2.11. The normalized spacial score (nSPS) is 10.2. The zero-order chi connectivity index (χ0) is 13.0. The summed E-state index contributed by atoms with van der Waals surface area (Å²) in [5, 5.41) is 15.2. The first-order chi connectivity index (χ1) is 8.65. The molecule has 0 saturated carbocycles. The molecule has 0 unspecified atom stereocenters. The van der Waals surface area contributed by atoms with Gasteiger partial charge < -0.3 is 5.11 Å². The van der Waals surface area contributed by atoms with Crippen molar-refractivity contribution in [2.45, 2.75) is 10.8 Å². The number of hydrogen-bond donors (Lipinski definition) is 2. The van der Waals surface area contributed by atoms with E-state index in [0.29, 0.717) is 10.8 Å². The van der Waals surface area contributed by atoms with Gasteiger partial charge in [0.25, 0.3) is 0 Å². The molecule has 0 spiro atoms. The summed E-state index contributed by atoms with van der Waals surface area (Å²) >= 11 is 1.32. The molecule has 2 rings (SSSR count). The van der Waals surface area contributed by atoms with Crippen LogP contribution in [0.2, 0.25) is 0 Å². The fourth-order valence-corrected chi connectivity index (χ4v) is 2.09. The number of rotatable bonds is 4. The van der Waals surface area contributed by atoms with Crippen LogP contribution in [0, 0.1) is 0 Å². The summed E-state index contributed by atoms with van der Waals surface area (Å²) in [6.45, 7) is 0. The highest BCUT2D eigenvalue weighted by atomic mass is 32.2. The molecule has 0 aliphatic carbocycles. The molecule has 0 bridgehead atoms. The second-order valence-corrected chi connectivity index (χ2v) is 4.42. The third kappa shape index (κ3) is 3.17. The summed E-state index contributed by atoms with van der Waals surface area (Å²) in [4.78, 5) is 25.4. The quantitative estimate of drug-likeness (QED) is 0.803. The third-order valence-electron chi connectivity index (χ3n) is 2.11. The van der Waals surface area contributed by atoms with E-state index in [-0.39, 0.29) is 5.56 Å². The van der Waals surface area contributed by atoms with E-state index in [4.69, 9.17) is 5.11 Å². The second-order valence-electron chi connectivity index (χ2n) is 3.42. The molecule has 1 heterocycles. The zero-order valence-corrected chi connectivity index (χ0v) is 9.98. The predicted octanol–water partition coefficient (Wildman–Crippen LogP) is 1.16. The minimum atomic E-state index is -0.960. The fourth-order valence-electron chi connectivity index (χ4n) is 1.32. The summed E-state index contributed by atoms with van der Waals surface area (Å²) in [7, 11) is 0. The van der Waals surface area contributed by atoms with Crippen LogP contribution < -0.4 is 5.69 Å². The van der Waals surface area contributed by atoms with Crippen LogP contribution in [0.3, 0.4) is 0 Å². The van der Waals surface area contributed by atoms with Gasteiger partial charge in [0.2, 0.25) is 0 Å². The number of nitrogens with one attached hydrogen (secondary N) is 1. The monoisotopic (exact) mass is 263 g/mol. The minimum absolute atomic E-state index is 0.241.